The number of aromatic nitrogens is 2. The van der Waals surface area contributed by atoms with Crippen LogP contribution in [-0.2, 0) is 26.9 Å². The Bertz CT molecular complexity index is 1190. The van der Waals surface area contributed by atoms with Gasteiger partial charge in [0.25, 0.3) is 10.0 Å². The number of alkyl halides is 4. The normalized spacial score (nSPS) is 12.0. The fraction of sp³-hybridized carbons (Fsp3) is 0.158. The molecule has 0 saturated carbocycles. The Labute approximate surface area is 175 Å². The van der Waals surface area contributed by atoms with E-state index < -0.39 is 27.8 Å². The highest BCUT2D eigenvalue weighted by Crippen LogP contribution is 2.33. The van der Waals surface area contributed by atoms with E-state index in [1.807, 2.05) is 4.72 Å². The fourth-order valence-corrected chi connectivity index (χ4v) is 3.90. The molecule has 6 nitrogen and oxygen atoms in total. The number of nitrogens with one attached hydrogen (secondary N) is 1. The van der Waals surface area contributed by atoms with Crippen molar-refractivity contribution in [1.82, 2.24) is 14.3 Å². The third kappa shape index (κ3) is 4.65. The molecule has 1 aromatic heterocycles. The number of imidazole rings is 1. The zero-order valence-electron chi connectivity index (χ0n) is 15.4. The van der Waals surface area contributed by atoms with Gasteiger partial charge in [-0.1, -0.05) is 18.2 Å². The molecule has 0 unspecified atom stereocenters. The topological polar surface area (TPSA) is 81.1 Å². The predicted octanol–water partition coefficient (Wildman–Crippen LogP) is 4.12. The smallest absolute Gasteiger partial charge is 0.299 e. The Morgan fingerprint density at radius 2 is 1.83 bits per heavy atom. The van der Waals surface area contributed by atoms with Gasteiger partial charge in [0, 0.05) is 30.3 Å². The van der Waals surface area contributed by atoms with E-state index in [1.54, 1.807) is 24.3 Å². The Morgan fingerprint density at radius 1 is 1.17 bits per heavy atom. The van der Waals surface area contributed by atoms with Crippen molar-refractivity contribution in [3.8, 4) is 17.1 Å². The van der Waals surface area contributed by atoms with Crippen LogP contribution in [0.3, 0.4) is 0 Å². The maximum atomic E-state index is 13.3. The van der Waals surface area contributed by atoms with Crippen molar-refractivity contribution >= 4 is 27.5 Å². The first-order valence-corrected chi connectivity index (χ1v) is 10.5. The summed E-state index contributed by atoms with van der Waals surface area (Å²) in [5, 5.41) is 0. The van der Waals surface area contributed by atoms with Gasteiger partial charge in [0.15, 0.2) is 5.69 Å². The highest BCUT2D eigenvalue weighted by molar-refractivity contribution is 7.90. The van der Waals surface area contributed by atoms with Crippen molar-refractivity contribution < 1.29 is 26.4 Å². The van der Waals surface area contributed by atoms with Crippen LogP contribution in [0.25, 0.3) is 17.1 Å². The summed E-state index contributed by atoms with van der Waals surface area (Å²) in [5.41, 5.74) is 0.280. The average Bonchev–Trinajstić information content (AvgIpc) is 3.13. The standard InChI is InChI=1S/C19H15ClF3N3O3S/c1-12(27)25-30(28,29)16-7-5-15(6-8-16)26-11-17(19(21,22)23)24-18(26)14-4-2-3-13(9-14)10-20/h2-9,11H,10H2,1H3,(H,25,27). The number of halogens is 4. The van der Waals surface area contributed by atoms with Gasteiger partial charge < -0.3 is 0 Å². The van der Waals surface area contributed by atoms with Gasteiger partial charge >= 0.3 is 6.18 Å². The van der Waals surface area contributed by atoms with Crippen LogP contribution in [0.1, 0.15) is 18.2 Å². The van der Waals surface area contributed by atoms with Crippen molar-refractivity contribution in [1.29, 1.82) is 0 Å². The number of carbonyl (C=O) groups is 1. The SMILES string of the molecule is CC(=O)NS(=O)(=O)c1ccc(-n2cc(C(F)(F)F)nc2-c2cccc(CCl)c2)cc1. The molecule has 1 amide bonds. The summed E-state index contributed by atoms with van der Waals surface area (Å²) in [4.78, 5) is 14.6. The molecule has 0 aliphatic heterocycles. The first-order valence-electron chi connectivity index (χ1n) is 8.47. The number of nitrogens with zero attached hydrogens (tertiary/aromatic N) is 2. The Kier molecular flexibility index (Phi) is 5.91. The first kappa shape index (κ1) is 21.8. The molecule has 2 aromatic carbocycles. The van der Waals surface area contributed by atoms with E-state index in [0.717, 1.165) is 13.1 Å². The molecule has 0 atom stereocenters. The van der Waals surface area contributed by atoms with Crippen molar-refractivity contribution in [2.24, 2.45) is 0 Å². The average molecular weight is 458 g/mol. The molecule has 0 saturated heterocycles. The van der Waals surface area contributed by atoms with Gasteiger partial charge in [-0.05, 0) is 35.9 Å². The van der Waals surface area contributed by atoms with Crippen LogP contribution < -0.4 is 4.72 Å². The monoisotopic (exact) mass is 457 g/mol. The van der Waals surface area contributed by atoms with Gasteiger partial charge in [-0.25, -0.2) is 18.1 Å². The summed E-state index contributed by atoms with van der Waals surface area (Å²) >= 11 is 5.82. The molecule has 11 heteroatoms. The molecule has 3 rings (SSSR count). The van der Waals surface area contributed by atoms with Crippen molar-refractivity contribution in [3.63, 3.8) is 0 Å². The van der Waals surface area contributed by atoms with Crippen LogP contribution in [0.4, 0.5) is 13.2 Å². The number of hydrogen-bond donors (Lipinski definition) is 1. The predicted molar refractivity (Wildman–Crippen MR) is 105 cm³/mol. The lowest BCUT2D eigenvalue weighted by Gasteiger charge is -2.10. The van der Waals surface area contributed by atoms with Gasteiger partial charge in [0.1, 0.15) is 5.82 Å². The number of hydrogen-bond acceptors (Lipinski definition) is 4. The summed E-state index contributed by atoms with van der Waals surface area (Å²) in [6, 6.07) is 11.6. The summed E-state index contributed by atoms with van der Waals surface area (Å²) in [6.07, 6.45) is -3.83. The van der Waals surface area contributed by atoms with E-state index in [-0.39, 0.29) is 22.3 Å². The van der Waals surface area contributed by atoms with Crippen LogP contribution in [0.15, 0.2) is 59.6 Å². The lowest BCUT2D eigenvalue weighted by atomic mass is 10.1. The third-order valence-corrected chi connectivity index (χ3v) is 5.80. The molecule has 0 spiro atoms. The second-order valence-corrected chi connectivity index (χ2v) is 8.26. The Hall–Kier alpha value is -2.85. The van der Waals surface area contributed by atoms with E-state index in [9.17, 15) is 26.4 Å². The zero-order chi connectivity index (χ0) is 22.1. The molecule has 1 N–H and O–H groups in total. The van der Waals surface area contributed by atoms with E-state index in [0.29, 0.717) is 11.1 Å². The van der Waals surface area contributed by atoms with Crippen LogP contribution >= 0.6 is 11.6 Å². The van der Waals surface area contributed by atoms with Crippen molar-refractivity contribution in [2.75, 3.05) is 0 Å². The third-order valence-electron chi connectivity index (χ3n) is 4.04. The maximum absolute atomic E-state index is 13.3. The largest absolute Gasteiger partial charge is 0.434 e. The van der Waals surface area contributed by atoms with Crippen LogP contribution in [0.2, 0.25) is 0 Å². The summed E-state index contributed by atoms with van der Waals surface area (Å²) < 4.78 is 67.0. The Balaban J connectivity index is 2.11. The number of carbonyl (C=O) groups excluding carboxylic acids is 1. The molecule has 158 valence electrons. The fourth-order valence-electron chi connectivity index (χ4n) is 2.74. The van der Waals surface area contributed by atoms with E-state index in [4.69, 9.17) is 11.6 Å². The zero-order valence-corrected chi connectivity index (χ0v) is 17.0. The highest BCUT2D eigenvalue weighted by Gasteiger charge is 2.35. The van der Waals surface area contributed by atoms with Gasteiger partial charge in [-0.3, -0.25) is 9.36 Å². The molecule has 0 aliphatic rings. The summed E-state index contributed by atoms with van der Waals surface area (Å²) in [6.45, 7) is 1.05. The van der Waals surface area contributed by atoms with Gasteiger partial charge in [0.05, 0.1) is 4.90 Å². The van der Waals surface area contributed by atoms with E-state index in [2.05, 4.69) is 4.98 Å². The lowest BCUT2D eigenvalue weighted by molar-refractivity contribution is -0.140. The van der Waals surface area contributed by atoms with Gasteiger partial charge in [-0.2, -0.15) is 13.2 Å². The molecule has 0 bridgehead atoms. The minimum atomic E-state index is -4.67. The number of sulfonamides is 1. The molecular weight excluding hydrogens is 443 g/mol. The summed E-state index contributed by atoms with van der Waals surface area (Å²) in [7, 11) is -4.07. The Morgan fingerprint density at radius 3 is 2.40 bits per heavy atom. The minimum absolute atomic E-state index is 0.0201. The second-order valence-electron chi connectivity index (χ2n) is 6.31. The van der Waals surface area contributed by atoms with Crippen LogP contribution in [-0.4, -0.2) is 23.9 Å². The highest BCUT2D eigenvalue weighted by atomic mass is 35.5. The van der Waals surface area contributed by atoms with Gasteiger partial charge in [0.2, 0.25) is 5.91 Å². The van der Waals surface area contributed by atoms with E-state index >= 15 is 0 Å². The van der Waals surface area contributed by atoms with Crippen molar-refractivity contribution in [3.05, 3.63) is 66.0 Å². The molecular formula is C19H15ClF3N3O3S. The second kappa shape index (κ2) is 8.11. The van der Waals surface area contributed by atoms with Crippen LogP contribution in [0, 0.1) is 0 Å². The van der Waals surface area contributed by atoms with Gasteiger partial charge in [-0.15, -0.1) is 11.6 Å². The molecule has 0 radical (unpaired) electrons. The maximum Gasteiger partial charge on any atom is 0.434 e. The minimum Gasteiger partial charge on any atom is -0.299 e. The number of amides is 1. The lowest BCUT2D eigenvalue weighted by Crippen LogP contribution is -2.28. The van der Waals surface area contributed by atoms with Crippen molar-refractivity contribution in [2.45, 2.75) is 23.9 Å². The van der Waals surface area contributed by atoms with Crippen LogP contribution in [0.5, 0.6) is 0 Å². The number of benzene rings is 2. The quantitative estimate of drug-likeness (QED) is 0.584. The molecule has 30 heavy (non-hydrogen) atoms. The molecule has 3 aromatic rings. The first-order chi connectivity index (χ1) is 14.0. The number of rotatable bonds is 5. The van der Waals surface area contributed by atoms with E-state index in [1.165, 1.54) is 28.8 Å². The molecule has 0 fully saturated rings. The molecule has 1 heterocycles. The summed E-state index contributed by atoms with van der Waals surface area (Å²) in [5.74, 6) is -0.562. The molecule has 0 aliphatic carbocycles.